The lowest BCUT2D eigenvalue weighted by molar-refractivity contribution is 0.0975. The fourth-order valence-corrected chi connectivity index (χ4v) is 2.61. The largest absolute Gasteiger partial charge is 0.504 e. The summed E-state index contributed by atoms with van der Waals surface area (Å²) < 4.78 is 0. The third-order valence-corrected chi connectivity index (χ3v) is 4.17. The zero-order valence-corrected chi connectivity index (χ0v) is 14.3. The van der Waals surface area contributed by atoms with Crippen LogP contribution in [0.1, 0.15) is 52.8 Å². The number of hydrogen-bond acceptors (Lipinski definition) is 8. The van der Waals surface area contributed by atoms with Crippen LogP contribution in [0.5, 0.6) is 34.5 Å². The summed E-state index contributed by atoms with van der Waals surface area (Å²) in [4.78, 5) is 24.1. The quantitative estimate of drug-likeness (QED) is 0.233. The molecule has 0 fully saturated rings. The molecule has 0 spiro atoms. The van der Waals surface area contributed by atoms with Crippen molar-refractivity contribution in [1.82, 2.24) is 0 Å². The van der Waals surface area contributed by atoms with Crippen molar-refractivity contribution in [3.05, 3.63) is 35.4 Å². The number of hydrogen-bond donors (Lipinski definition) is 6. The van der Waals surface area contributed by atoms with Gasteiger partial charge in [0.05, 0.1) is 11.1 Å². The molecule has 2 aromatic rings. The van der Waals surface area contributed by atoms with Crippen LogP contribution in [-0.2, 0) is 0 Å². The number of rotatable bonds is 8. The summed E-state index contributed by atoms with van der Waals surface area (Å²) in [5.41, 5.74) is -0.184. The molecule has 2 rings (SSSR count). The normalized spacial score (nSPS) is 10.7. The second kappa shape index (κ2) is 8.31. The zero-order chi connectivity index (χ0) is 20.1. The van der Waals surface area contributed by atoms with Crippen molar-refractivity contribution in [3.8, 4) is 34.5 Å². The Morgan fingerprint density at radius 1 is 0.556 bits per heavy atom. The maximum absolute atomic E-state index is 12.1. The highest BCUT2D eigenvalue weighted by Crippen LogP contribution is 2.38. The molecule has 0 heterocycles. The molecule has 0 atom stereocenters. The first-order chi connectivity index (χ1) is 12.7. The van der Waals surface area contributed by atoms with Gasteiger partial charge in [-0.2, -0.15) is 0 Å². The van der Waals surface area contributed by atoms with E-state index in [4.69, 9.17) is 0 Å². The van der Waals surface area contributed by atoms with E-state index < -0.39 is 46.1 Å². The van der Waals surface area contributed by atoms with E-state index in [1.165, 1.54) is 12.1 Å². The van der Waals surface area contributed by atoms with Gasteiger partial charge in [0.25, 0.3) is 0 Å². The molecule has 0 aliphatic rings. The number of phenols is 6. The molecular weight excluding hydrogens is 356 g/mol. The molecule has 0 radical (unpaired) electrons. The second-order valence-electron chi connectivity index (χ2n) is 6.07. The average Bonchev–Trinajstić information content (AvgIpc) is 2.63. The van der Waals surface area contributed by atoms with Crippen LogP contribution in [0.3, 0.4) is 0 Å². The molecule has 144 valence electrons. The smallest absolute Gasteiger partial charge is 0.201 e. The highest BCUT2D eigenvalue weighted by Gasteiger charge is 2.18. The topological polar surface area (TPSA) is 156 Å². The number of benzene rings is 2. The van der Waals surface area contributed by atoms with Gasteiger partial charge in [-0.3, -0.25) is 9.59 Å². The Kier molecular flexibility index (Phi) is 6.12. The van der Waals surface area contributed by atoms with Gasteiger partial charge in [-0.15, -0.1) is 0 Å². The number of phenolic OH excluding ortho intramolecular Hbond substituents is 6. The molecule has 0 bridgehead atoms. The van der Waals surface area contributed by atoms with Crippen LogP contribution in [0, 0.1) is 0 Å². The molecule has 2 aromatic carbocycles. The molecule has 0 amide bonds. The van der Waals surface area contributed by atoms with Crippen molar-refractivity contribution in [2.45, 2.75) is 32.1 Å². The van der Waals surface area contributed by atoms with E-state index in [2.05, 4.69) is 0 Å². The Hall–Kier alpha value is -3.42. The number of Topliss-reactive ketones (excluding diaryl/α,β-unsaturated/α-hetero) is 2. The fraction of sp³-hybridized carbons (Fsp3) is 0.263. The van der Waals surface area contributed by atoms with Crippen LogP contribution in [0.4, 0.5) is 0 Å². The van der Waals surface area contributed by atoms with E-state index in [1.807, 2.05) is 0 Å². The summed E-state index contributed by atoms with van der Waals surface area (Å²) >= 11 is 0. The minimum absolute atomic E-state index is 0.0806. The van der Waals surface area contributed by atoms with E-state index in [9.17, 15) is 40.2 Å². The molecule has 0 aliphatic heterocycles. The maximum Gasteiger partial charge on any atom is 0.201 e. The molecule has 27 heavy (non-hydrogen) atoms. The summed E-state index contributed by atoms with van der Waals surface area (Å²) in [5.74, 6) is -4.69. The van der Waals surface area contributed by atoms with Gasteiger partial charge in [-0.05, 0) is 37.1 Å². The first kappa shape index (κ1) is 19.9. The molecular formula is C19H20O8. The second-order valence-corrected chi connectivity index (χ2v) is 6.07. The fourth-order valence-electron chi connectivity index (χ4n) is 2.61. The first-order valence-electron chi connectivity index (χ1n) is 8.28. The molecule has 6 N–H and O–H groups in total. The Morgan fingerprint density at radius 3 is 1.30 bits per heavy atom. The average molecular weight is 376 g/mol. The first-order valence-corrected chi connectivity index (χ1v) is 8.28. The maximum atomic E-state index is 12.1. The van der Waals surface area contributed by atoms with Crippen molar-refractivity contribution < 1.29 is 40.2 Å². The Morgan fingerprint density at radius 2 is 0.926 bits per heavy atom. The van der Waals surface area contributed by atoms with E-state index in [-0.39, 0.29) is 24.0 Å². The number of carbonyl (C=O) groups excluding carboxylic acids is 2. The van der Waals surface area contributed by atoms with Crippen molar-refractivity contribution >= 4 is 11.6 Å². The highest BCUT2D eigenvalue weighted by atomic mass is 16.3. The van der Waals surface area contributed by atoms with Crippen molar-refractivity contribution in [1.29, 1.82) is 0 Å². The van der Waals surface area contributed by atoms with Crippen LogP contribution in [0.2, 0.25) is 0 Å². The van der Waals surface area contributed by atoms with E-state index >= 15 is 0 Å². The molecule has 8 nitrogen and oxygen atoms in total. The Labute approximate surface area is 154 Å². The summed E-state index contributed by atoms with van der Waals surface area (Å²) in [6.07, 6.45) is 1.54. The Bertz CT molecular complexity index is 801. The molecule has 8 heteroatoms. The van der Waals surface area contributed by atoms with Gasteiger partial charge in [0.15, 0.2) is 34.6 Å². The third-order valence-electron chi connectivity index (χ3n) is 4.17. The summed E-state index contributed by atoms with van der Waals surface area (Å²) in [5, 5.41) is 56.7. The van der Waals surface area contributed by atoms with Crippen LogP contribution >= 0.6 is 0 Å². The molecule has 0 saturated carbocycles. The number of aromatic hydroxyl groups is 6. The lowest BCUT2D eigenvalue weighted by Crippen LogP contribution is -2.01. The monoisotopic (exact) mass is 376 g/mol. The van der Waals surface area contributed by atoms with Crippen LogP contribution < -0.4 is 0 Å². The molecule has 0 aromatic heterocycles. The standard InChI is InChI=1S/C19H20O8/c20-12(10-6-8-14(22)18(26)16(10)24)4-2-1-3-5-13(21)11-7-9-15(23)19(27)17(11)25/h6-9,22-27H,1-5H2. The molecule has 0 unspecified atom stereocenters. The van der Waals surface area contributed by atoms with Crippen LogP contribution in [-0.4, -0.2) is 42.2 Å². The molecule has 0 aliphatic carbocycles. The lowest BCUT2D eigenvalue weighted by Gasteiger charge is -2.08. The number of carbonyl (C=O) groups is 2. The van der Waals surface area contributed by atoms with Gasteiger partial charge in [-0.25, -0.2) is 0 Å². The van der Waals surface area contributed by atoms with Gasteiger partial charge in [-0.1, -0.05) is 6.42 Å². The van der Waals surface area contributed by atoms with E-state index in [0.29, 0.717) is 19.3 Å². The summed E-state index contributed by atoms with van der Waals surface area (Å²) in [7, 11) is 0. The zero-order valence-electron chi connectivity index (χ0n) is 14.3. The lowest BCUT2D eigenvalue weighted by atomic mass is 10.00. The van der Waals surface area contributed by atoms with Gasteiger partial charge in [0.1, 0.15) is 0 Å². The third kappa shape index (κ3) is 4.41. The van der Waals surface area contributed by atoms with Gasteiger partial charge in [0, 0.05) is 12.8 Å². The van der Waals surface area contributed by atoms with Crippen molar-refractivity contribution in [3.63, 3.8) is 0 Å². The minimum atomic E-state index is -0.747. The predicted octanol–water partition coefficient (Wildman–Crippen LogP) is 2.94. The molecule has 0 saturated heterocycles. The summed E-state index contributed by atoms with van der Waals surface area (Å²) in [6, 6.07) is 4.66. The van der Waals surface area contributed by atoms with Gasteiger partial charge >= 0.3 is 0 Å². The van der Waals surface area contributed by atoms with Gasteiger partial charge in [0.2, 0.25) is 11.5 Å². The van der Waals surface area contributed by atoms with Crippen LogP contribution in [0.15, 0.2) is 24.3 Å². The summed E-state index contributed by atoms with van der Waals surface area (Å²) in [6.45, 7) is 0. The number of unbranched alkanes of at least 4 members (excludes halogenated alkanes) is 2. The van der Waals surface area contributed by atoms with Crippen molar-refractivity contribution in [2.75, 3.05) is 0 Å². The van der Waals surface area contributed by atoms with E-state index in [1.54, 1.807) is 0 Å². The Balaban J connectivity index is 1.82. The number of ketones is 2. The predicted molar refractivity (Wildman–Crippen MR) is 94.6 cm³/mol. The highest BCUT2D eigenvalue weighted by molar-refractivity contribution is 6.00. The minimum Gasteiger partial charge on any atom is -0.504 e. The van der Waals surface area contributed by atoms with Crippen LogP contribution in [0.25, 0.3) is 0 Å². The van der Waals surface area contributed by atoms with E-state index in [0.717, 1.165) is 12.1 Å². The van der Waals surface area contributed by atoms with Crippen molar-refractivity contribution in [2.24, 2.45) is 0 Å². The van der Waals surface area contributed by atoms with Gasteiger partial charge < -0.3 is 30.6 Å². The SMILES string of the molecule is O=C(CCCCCC(=O)c1ccc(O)c(O)c1O)c1ccc(O)c(O)c1O.